The summed E-state index contributed by atoms with van der Waals surface area (Å²) in [5.41, 5.74) is 2.96. The van der Waals surface area contributed by atoms with E-state index in [2.05, 4.69) is 73.5 Å². The van der Waals surface area contributed by atoms with E-state index in [1.54, 1.807) is 0 Å². The molecule has 20 heavy (non-hydrogen) atoms. The highest BCUT2D eigenvalue weighted by molar-refractivity contribution is 9.09. The molecule has 0 saturated carbocycles. The molecule has 0 spiro atoms. The predicted molar refractivity (Wildman–Crippen MR) is 91.7 cm³/mol. The van der Waals surface area contributed by atoms with Crippen LogP contribution in [0.1, 0.15) is 17.5 Å². The number of hydrogen-bond donors (Lipinski definition) is 0. The fourth-order valence-electron chi connectivity index (χ4n) is 2.39. The zero-order chi connectivity index (χ0) is 14.4. The molecule has 1 heterocycles. The summed E-state index contributed by atoms with van der Waals surface area (Å²) in [6, 6.07) is 10.7. The number of aromatic nitrogens is 2. The predicted octanol–water partition coefficient (Wildman–Crippen LogP) is 4.37. The maximum atomic E-state index is 4.25. The lowest BCUT2D eigenvalue weighted by molar-refractivity contribution is 0.356. The van der Waals surface area contributed by atoms with Crippen LogP contribution in [0, 0.1) is 5.41 Å². The van der Waals surface area contributed by atoms with E-state index < -0.39 is 0 Å². The van der Waals surface area contributed by atoms with Crippen molar-refractivity contribution in [1.29, 1.82) is 0 Å². The number of nitrogens with zero attached hydrogens (tertiary/aromatic N) is 2. The van der Waals surface area contributed by atoms with E-state index in [0.29, 0.717) is 0 Å². The molecule has 0 N–H and O–H groups in total. The molecule has 1 aromatic carbocycles. The van der Waals surface area contributed by atoms with E-state index in [4.69, 9.17) is 0 Å². The van der Waals surface area contributed by atoms with Gasteiger partial charge in [0.15, 0.2) is 0 Å². The molecule has 0 amide bonds. The number of alkyl halides is 2. The van der Waals surface area contributed by atoms with Crippen LogP contribution >= 0.6 is 31.9 Å². The Bertz CT molecular complexity index is 518. The van der Waals surface area contributed by atoms with Crippen LogP contribution in [0.2, 0.25) is 0 Å². The molecular formula is C16H20Br2N2. The minimum absolute atomic E-state index is 0.247. The summed E-state index contributed by atoms with van der Waals surface area (Å²) in [6.45, 7) is 0. The Morgan fingerprint density at radius 3 is 2.35 bits per heavy atom. The second-order valence-electron chi connectivity index (χ2n) is 5.45. The van der Waals surface area contributed by atoms with Crippen LogP contribution < -0.4 is 0 Å². The van der Waals surface area contributed by atoms with Gasteiger partial charge in [-0.25, -0.2) is 0 Å². The van der Waals surface area contributed by atoms with Crippen LogP contribution in [0.4, 0.5) is 0 Å². The third-order valence-electron chi connectivity index (χ3n) is 3.69. The van der Waals surface area contributed by atoms with E-state index in [1.165, 1.54) is 11.1 Å². The number of halogens is 2. The molecule has 1 aromatic heterocycles. The maximum absolute atomic E-state index is 4.25. The highest BCUT2D eigenvalue weighted by atomic mass is 79.9. The average Bonchev–Trinajstić information content (AvgIpc) is 2.90. The second-order valence-corrected chi connectivity index (χ2v) is 6.57. The third-order valence-corrected chi connectivity index (χ3v) is 6.07. The molecule has 0 aliphatic heterocycles. The summed E-state index contributed by atoms with van der Waals surface area (Å²) < 4.78 is 1.87. The fraction of sp³-hybridized carbons (Fsp3) is 0.438. The zero-order valence-corrected chi connectivity index (χ0v) is 14.9. The first-order valence-electron chi connectivity index (χ1n) is 6.81. The number of rotatable bonds is 7. The van der Waals surface area contributed by atoms with Crippen molar-refractivity contribution in [2.45, 2.75) is 19.3 Å². The second kappa shape index (κ2) is 7.41. The summed E-state index contributed by atoms with van der Waals surface area (Å²) in [5.74, 6) is 0. The average molecular weight is 400 g/mol. The normalized spacial score (nSPS) is 11.8. The van der Waals surface area contributed by atoms with E-state index in [-0.39, 0.29) is 5.41 Å². The lowest BCUT2D eigenvalue weighted by Crippen LogP contribution is -2.28. The van der Waals surface area contributed by atoms with Gasteiger partial charge in [-0.3, -0.25) is 4.68 Å². The molecule has 4 heteroatoms. The molecule has 0 aliphatic carbocycles. The van der Waals surface area contributed by atoms with Crippen molar-refractivity contribution < 1.29 is 0 Å². The van der Waals surface area contributed by atoms with Crippen LogP contribution in [0.15, 0.2) is 42.7 Å². The number of benzene rings is 1. The third kappa shape index (κ3) is 4.19. The summed E-state index contributed by atoms with van der Waals surface area (Å²) >= 11 is 7.44. The van der Waals surface area contributed by atoms with Gasteiger partial charge in [0.25, 0.3) is 0 Å². The minimum Gasteiger partial charge on any atom is -0.276 e. The van der Waals surface area contributed by atoms with Crippen molar-refractivity contribution in [3.63, 3.8) is 0 Å². The summed E-state index contributed by atoms with van der Waals surface area (Å²) in [5, 5.41) is 6.25. The van der Waals surface area contributed by atoms with Crippen LogP contribution in [-0.4, -0.2) is 20.4 Å². The van der Waals surface area contributed by atoms with Crippen LogP contribution in [0.3, 0.4) is 0 Å². The van der Waals surface area contributed by atoms with E-state index >= 15 is 0 Å². The summed E-state index contributed by atoms with van der Waals surface area (Å²) in [4.78, 5) is 0. The Kier molecular flexibility index (Phi) is 5.85. The van der Waals surface area contributed by atoms with Crippen molar-refractivity contribution in [1.82, 2.24) is 9.78 Å². The Morgan fingerprint density at radius 2 is 1.80 bits per heavy atom. The van der Waals surface area contributed by atoms with Gasteiger partial charge in [0, 0.05) is 23.9 Å². The van der Waals surface area contributed by atoms with Gasteiger partial charge >= 0.3 is 0 Å². The molecule has 0 atom stereocenters. The first-order chi connectivity index (χ1) is 9.67. The highest BCUT2D eigenvalue weighted by Crippen LogP contribution is 2.33. The molecule has 0 radical (unpaired) electrons. The monoisotopic (exact) mass is 398 g/mol. The van der Waals surface area contributed by atoms with Gasteiger partial charge in [-0.2, -0.15) is 5.10 Å². The number of aryl methyl sites for hydroxylation is 2. The Balaban J connectivity index is 2.04. The zero-order valence-electron chi connectivity index (χ0n) is 11.7. The van der Waals surface area contributed by atoms with Crippen molar-refractivity contribution in [2.75, 3.05) is 10.7 Å². The lowest BCUT2D eigenvalue weighted by atomic mass is 9.81. The van der Waals surface area contributed by atoms with Gasteiger partial charge in [0.2, 0.25) is 0 Å². The van der Waals surface area contributed by atoms with Crippen LogP contribution in [0.5, 0.6) is 0 Å². The quantitative estimate of drug-likeness (QED) is 0.632. The molecule has 0 fully saturated rings. The molecule has 2 rings (SSSR count). The van der Waals surface area contributed by atoms with Crippen molar-refractivity contribution in [3.05, 3.63) is 53.9 Å². The topological polar surface area (TPSA) is 17.8 Å². The molecule has 0 aliphatic rings. The maximum Gasteiger partial charge on any atom is 0.0521 e. The minimum atomic E-state index is 0.247. The van der Waals surface area contributed by atoms with Gasteiger partial charge in [-0.1, -0.05) is 62.2 Å². The smallest absolute Gasteiger partial charge is 0.0521 e. The Hall–Kier alpha value is -0.610. The molecular weight excluding hydrogens is 380 g/mol. The standard InChI is InChI=1S/C16H20Br2N2/c1-20-11-15(10-19-20)7-8-16(12-17,13-18)9-14-5-3-2-4-6-14/h2-6,10-11H,7-9,12-13H2,1H3. The molecule has 108 valence electrons. The number of hydrogen-bond acceptors (Lipinski definition) is 1. The Morgan fingerprint density at radius 1 is 1.10 bits per heavy atom. The molecule has 0 unspecified atom stereocenters. The molecule has 2 nitrogen and oxygen atoms in total. The van der Waals surface area contributed by atoms with Crippen molar-refractivity contribution in [2.24, 2.45) is 12.5 Å². The van der Waals surface area contributed by atoms with Gasteiger partial charge in [-0.05, 0) is 35.8 Å². The SMILES string of the molecule is Cn1cc(CCC(CBr)(CBr)Cc2ccccc2)cn1. The van der Waals surface area contributed by atoms with Crippen molar-refractivity contribution in [3.8, 4) is 0 Å². The van der Waals surface area contributed by atoms with Crippen LogP contribution in [-0.2, 0) is 19.9 Å². The van der Waals surface area contributed by atoms with Gasteiger partial charge in [-0.15, -0.1) is 0 Å². The lowest BCUT2D eigenvalue weighted by Gasteiger charge is -2.30. The molecule has 0 saturated heterocycles. The highest BCUT2D eigenvalue weighted by Gasteiger charge is 2.28. The van der Waals surface area contributed by atoms with E-state index in [1.807, 2.05) is 17.9 Å². The Labute approximate surface area is 137 Å². The van der Waals surface area contributed by atoms with Crippen molar-refractivity contribution >= 4 is 31.9 Å². The first-order valence-corrected chi connectivity index (χ1v) is 9.05. The first kappa shape index (κ1) is 15.8. The van der Waals surface area contributed by atoms with Gasteiger partial charge in [0.1, 0.15) is 0 Å². The molecule has 0 bridgehead atoms. The van der Waals surface area contributed by atoms with Crippen LogP contribution in [0.25, 0.3) is 0 Å². The van der Waals surface area contributed by atoms with Gasteiger partial charge < -0.3 is 0 Å². The summed E-state index contributed by atoms with van der Waals surface area (Å²) in [6.07, 6.45) is 7.37. The summed E-state index contributed by atoms with van der Waals surface area (Å²) in [7, 11) is 1.97. The van der Waals surface area contributed by atoms with E-state index in [0.717, 1.165) is 29.9 Å². The van der Waals surface area contributed by atoms with E-state index in [9.17, 15) is 0 Å². The molecule has 2 aromatic rings. The largest absolute Gasteiger partial charge is 0.276 e. The van der Waals surface area contributed by atoms with Gasteiger partial charge in [0.05, 0.1) is 6.20 Å². The fourth-order valence-corrected chi connectivity index (χ4v) is 4.28.